The maximum absolute atomic E-state index is 10.1. The predicted octanol–water partition coefficient (Wildman–Crippen LogP) is 0.935. The summed E-state index contributed by atoms with van der Waals surface area (Å²) in [6.45, 7) is 0. The SMILES string of the molecule is O=CCCc1c(O)cc(O)cc1O. The lowest BCUT2D eigenvalue weighted by molar-refractivity contribution is -0.107. The lowest BCUT2D eigenvalue weighted by Gasteiger charge is -2.05. The third kappa shape index (κ3) is 2.11. The minimum Gasteiger partial charge on any atom is -0.508 e. The van der Waals surface area contributed by atoms with Gasteiger partial charge in [0, 0.05) is 24.1 Å². The van der Waals surface area contributed by atoms with Crippen molar-refractivity contribution < 1.29 is 20.1 Å². The summed E-state index contributed by atoms with van der Waals surface area (Å²) in [5.41, 5.74) is 0.282. The number of carbonyl (C=O) groups excluding carboxylic acids is 1. The Kier molecular flexibility index (Phi) is 2.74. The van der Waals surface area contributed by atoms with Crippen molar-refractivity contribution in [1.82, 2.24) is 0 Å². The van der Waals surface area contributed by atoms with E-state index in [0.29, 0.717) is 6.29 Å². The molecule has 1 aromatic rings. The predicted molar refractivity (Wildman–Crippen MR) is 45.8 cm³/mol. The number of hydrogen-bond donors (Lipinski definition) is 3. The normalized spacial score (nSPS) is 9.85. The summed E-state index contributed by atoms with van der Waals surface area (Å²) >= 11 is 0. The molecule has 0 aliphatic carbocycles. The second-order valence-corrected chi connectivity index (χ2v) is 2.67. The Morgan fingerprint density at radius 3 is 2.15 bits per heavy atom. The molecule has 3 N–H and O–H groups in total. The van der Waals surface area contributed by atoms with E-state index >= 15 is 0 Å². The van der Waals surface area contributed by atoms with Crippen molar-refractivity contribution in [2.45, 2.75) is 12.8 Å². The van der Waals surface area contributed by atoms with Crippen molar-refractivity contribution >= 4 is 6.29 Å². The molecule has 0 aromatic heterocycles. The molecule has 4 nitrogen and oxygen atoms in total. The van der Waals surface area contributed by atoms with E-state index < -0.39 is 0 Å². The van der Waals surface area contributed by atoms with Gasteiger partial charge in [-0.3, -0.25) is 0 Å². The van der Waals surface area contributed by atoms with Crippen LogP contribution in [0.2, 0.25) is 0 Å². The zero-order chi connectivity index (χ0) is 9.84. The average Bonchev–Trinajstić information content (AvgIpc) is 2.02. The maximum atomic E-state index is 10.1. The van der Waals surface area contributed by atoms with Gasteiger partial charge in [-0.05, 0) is 6.42 Å². The van der Waals surface area contributed by atoms with E-state index in [-0.39, 0.29) is 35.7 Å². The number of rotatable bonds is 3. The molecule has 0 spiro atoms. The number of aromatic hydroxyl groups is 3. The molecule has 0 heterocycles. The summed E-state index contributed by atoms with van der Waals surface area (Å²) in [5.74, 6) is -0.594. The number of aldehydes is 1. The quantitative estimate of drug-likeness (QED) is 0.608. The van der Waals surface area contributed by atoms with Gasteiger partial charge in [0.05, 0.1) is 0 Å². The Labute approximate surface area is 75.1 Å². The molecule has 0 aliphatic heterocycles. The topological polar surface area (TPSA) is 77.8 Å². The van der Waals surface area contributed by atoms with E-state index in [4.69, 9.17) is 5.11 Å². The van der Waals surface area contributed by atoms with E-state index in [1.807, 2.05) is 0 Å². The molecule has 1 rings (SSSR count). The van der Waals surface area contributed by atoms with E-state index in [0.717, 1.165) is 12.1 Å². The van der Waals surface area contributed by atoms with Crippen molar-refractivity contribution in [1.29, 1.82) is 0 Å². The summed E-state index contributed by atoms with van der Waals surface area (Å²) < 4.78 is 0. The zero-order valence-electron chi connectivity index (χ0n) is 6.90. The van der Waals surface area contributed by atoms with Gasteiger partial charge in [0.2, 0.25) is 0 Å². The van der Waals surface area contributed by atoms with Gasteiger partial charge in [-0.15, -0.1) is 0 Å². The highest BCUT2D eigenvalue weighted by molar-refractivity contribution is 5.54. The average molecular weight is 182 g/mol. The van der Waals surface area contributed by atoms with Crippen molar-refractivity contribution in [3.05, 3.63) is 17.7 Å². The molecule has 0 aliphatic rings. The largest absolute Gasteiger partial charge is 0.508 e. The van der Waals surface area contributed by atoms with Gasteiger partial charge in [-0.2, -0.15) is 0 Å². The molecule has 0 amide bonds. The van der Waals surface area contributed by atoms with E-state index in [9.17, 15) is 15.0 Å². The molecule has 0 saturated carbocycles. The number of carbonyl (C=O) groups is 1. The first-order chi connectivity index (χ1) is 6.15. The molecule has 0 saturated heterocycles. The minimum absolute atomic E-state index is 0.195. The van der Waals surface area contributed by atoms with Crippen LogP contribution >= 0.6 is 0 Å². The van der Waals surface area contributed by atoms with Crippen LogP contribution in [0.15, 0.2) is 12.1 Å². The fourth-order valence-corrected chi connectivity index (χ4v) is 1.09. The van der Waals surface area contributed by atoms with Crippen molar-refractivity contribution in [2.24, 2.45) is 0 Å². The van der Waals surface area contributed by atoms with Crippen LogP contribution in [0.25, 0.3) is 0 Å². The molecule has 1 aromatic carbocycles. The first kappa shape index (κ1) is 9.38. The highest BCUT2D eigenvalue weighted by Crippen LogP contribution is 2.32. The summed E-state index contributed by atoms with van der Waals surface area (Å²) in [5, 5.41) is 27.5. The second kappa shape index (κ2) is 3.80. The van der Waals surface area contributed by atoms with Gasteiger partial charge in [0.25, 0.3) is 0 Å². The molecule has 4 heteroatoms. The van der Waals surface area contributed by atoms with Crippen molar-refractivity contribution in [3.63, 3.8) is 0 Å². The van der Waals surface area contributed by atoms with Gasteiger partial charge in [-0.1, -0.05) is 0 Å². The highest BCUT2D eigenvalue weighted by atomic mass is 16.3. The lowest BCUT2D eigenvalue weighted by atomic mass is 10.1. The maximum Gasteiger partial charge on any atom is 0.126 e. The fraction of sp³-hybridized carbons (Fsp3) is 0.222. The molecule has 0 atom stereocenters. The van der Waals surface area contributed by atoms with Crippen molar-refractivity contribution in [2.75, 3.05) is 0 Å². The smallest absolute Gasteiger partial charge is 0.126 e. The van der Waals surface area contributed by atoms with E-state index in [2.05, 4.69) is 0 Å². The van der Waals surface area contributed by atoms with Gasteiger partial charge in [-0.25, -0.2) is 0 Å². The Hall–Kier alpha value is -1.71. The van der Waals surface area contributed by atoms with Crippen LogP contribution in [-0.4, -0.2) is 21.6 Å². The third-order valence-corrected chi connectivity index (χ3v) is 1.70. The van der Waals surface area contributed by atoms with Crippen LogP contribution in [0.5, 0.6) is 17.2 Å². The van der Waals surface area contributed by atoms with Gasteiger partial charge in [0.1, 0.15) is 23.5 Å². The minimum atomic E-state index is -0.204. The first-order valence-electron chi connectivity index (χ1n) is 3.82. The zero-order valence-corrected chi connectivity index (χ0v) is 6.90. The molecule has 70 valence electrons. The van der Waals surface area contributed by atoms with Crippen LogP contribution in [-0.2, 0) is 11.2 Å². The van der Waals surface area contributed by atoms with E-state index in [1.165, 1.54) is 0 Å². The first-order valence-corrected chi connectivity index (χ1v) is 3.82. The van der Waals surface area contributed by atoms with Crippen molar-refractivity contribution in [3.8, 4) is 17.2 Å². The number of benzene rings is 1. The number of phenolic OH excluding ortho intramolecular Hbond substituents is 3. The molecular weight excluding hydrogens is 172 g/mol. The van der Waals surface area contributed by atoms with Gasteiger partial charge < -0.3 is 20.1 Å². The Bertz CT molecular complexity index is 296. The van der Waals surface area contributed by atoms with Crippen LogP contribution < -0.4 is 0 Å². The van der Waals surface area contributed by atoms with Crippen LogP contribution in [0.4, 0.5) is 0 Å². The van der Waals surface area contributed by atoms with Crippen LogP contribution in [0.1, 0.15) is 12.0 Å². The monoisotopic (exact) mass is 182 g/mol. The Morgan fingerprint density at radius 1 is 1.15 bits per heavy atom. The molecule has 13 heavy (non-hydrogen) atoms. The molecular formula is C9H10O4. The number of hydrogen-bond acceptors (Lipinski definition) is 4. The van der Waals surface area contributed by atoms with Crippen LogP contribution in [0, 0.1) is 0 Å². The Balaban J connectivity index is 2.98. The lowest BCUT2D eigenvalue weighted by Crippen LogP contribution is -1.88. The molecule has 0 fully saturated rings. The number of phenols is 3. The van der Waals surface area contributed by atoms with Crippen LogP contribution in [0.3, 0.4) is 0 Å². The summed E-state index contributed by atoms with van der Waals surface area (Å²) in [4.78, 5) is 10.1. The standard InChI is InChI=1S/C9H10O4/c10-3-1-2-7-8(12)4-6(11)5-9(7)13/h3-5,11-13H,1-2H2. The summed E-state index contributed by atoms with van der Waals surface area (Å²) in [6.07, 6.45) is 1.19. The third-order valence-electron chi connectivity index (χ3n) is 1.70. The van der Waals surface area contributed by atoms with Gasteiger partial charge >= 0.3 is 0 Å². The molecule has 0 radical (unpaired) electrons. The highest BCUT2D eigenvalue weighted by Gasteiger charge is 2.08. The summed E-state index contributed by atoms with van der Waals surface area (Å²) in [7, 11) is 0. The second-order valence-electron chi connectivity index (χ2n) is 2.67. The Morgan fingerprint density at radius 2 is 1.69 bits per heavy atom. The fourth-order valence-electron chi connectivity index (χ4n) is 1.09. The van der Waals surface area contributed by atoms with E-state index in [1.54, 1.807) is 0 Å². The molecule has 0 unspecified atom stereocenters. The van der Waals surface area contributed by atoms with Gasteiger partial charge in [0.15, 0.2) is 0 Å². The molecule has 0 bridgehead atoms. The summed E-state index contributed by atoms with van der Waals surface area (Å²) in [6, 6.07) is 2.25.